The summed E-state index contributed by atoms with van der Waals surface area (Å²) in [5.74, 6) is 0.322. The number of benzene rings is 2. The predicted octanol–water partition coefficient (Wildman–Crippen LogP) is 2.15. The maximum atomic E-state index is 9.50. The van der Waals surface area contributed by atoms with Crippen LogP contribution in [0.1, 0.15) is 11.1 Å². The van der Waals surface area contributed by atoms with Gasteiger partial charge in [-0.25, -0.2) is 0 Å². The van der Waals surface area contributed by atoms with Crippen LogP contribution in [0.5, 0.6) is 11.5 Å². The molecule has 0 amide bonds. The zero-order chi connectivity index (χ0) is 13.5. The Kier molecular flexibility index (Phi) is 4.36. The number of hydrogen-bond donors (Lipinski definition) is 3. The third-order valence-corrected chi connectivity index (χ3v) is 2.48. The molecule has 0 radical (unpaired) electrons. The molecule has 0 atom stereocenters. The van der Waals surface area contributed by atoms with E-state index in [-0.39, 0.29) is 18.1 Å². The van der Waals surface area contributed by atoms with Gasteiger partial charge < -0.3 is 10.2 Å². The van der Waals surface area contributed by atoms with Crippen molar-refractivity contribution in [3.63, 3.8) is 0 Å². The zero-order valence-corrected chi connectivity index (χ0v) is 10.2. The minimum Gasteiger partial charge on any atom is -0.508 e. The molecule has 2 aromatic rings. The normalized spacial score (nSPS) is 10.7. The van der Waals surface area contributed by atoms with Crippen LogP contribution in [0, 0.1) is 0 Å². The van der Waals surface area contributed by atoms with Crippen molar-refractivity contribution in [2.45, 2.75) is 6.61 Å². The van der Waals surface area contributed by atoms with Crippen molar-refractivity contribution in [1.29, 1.82) is 0 Å². The summed E-state index contributed by atoms with van der Waals surface area (Å²) in [7, 11) is 0. The van der Waals surface area contributed by atoms with Gasteiger partial charge in [0, 0.05) is 11.1 Å². The summed E-state index contributed by atoms with van der Waals surface area (Å²) in [6.45, 7) is 0.185. The van der Waals surface area contributed by atoms with Crippen LogP contribution in [-0.4, -0.2) is 16.4 Å². The van der Waals surface area contributed by atoms with Gasteiger partial charge in [0.05, 0.1) is 6.21 Å². The zero-order valence-electron chi connectivity index (χ0n) is 10.2. The first-order chi connectivity index (χ1) is 9.27. The van der Waals surface area contributed by atoms with Crippen molar-refractivity contribution < 1.29 is 15.1 Å². The summed E-state index contributed by atoms with van der Waals surface area (Å²) in [5, 5.41) is 22.8. The van der Waals surface area contributed by atoms with Gasteiger partial charge in [0.25, 0.3) is 0 Å². The van der Waals surface area contributed by atoms with Crippen molar-refractivity contribution >= 4 is 6.21 Å². The molecule has 0 spiro atoms. The number of phenols is 2. The first-order valence-electron chi connectivity index (χ1n) is 5.72. The quantitative estimate of drug-likeness (QED) is 0.436. The monoisotopic (exact) mass is 258 g/mol. The molecule has 0 unspecified atom stereocenters. The molecular formula is C14H14N2O3. The second kappa shape index (κ2) is 6.42. The minimum atomic E-state index is 0.147. The van der Waals surface area contributed by atoms with Gasteiger partial charge in [-0.05, 0) is 18.2 Å². The van der Waals surface area contributed by atoms with Crippen molar-refractivity contribution in [2.75, 3.05) is 0 Å². The summed E-state index contributed by atoms with van der Waals surface area (Å²) in [4.78, 5) is 5.07. The third-order valence-electron chi connectivity index (χ3n) is 2.48. The van der Waals surface area contributed by atoms with E-state index in [9.17, 15) is 10.2 Å². The molecule has 0 bridgehead atoms. The van der Waals surface area contributed by atoms with Crippen LogP contribution in [0.2, 0.25) is 0 Å². The SMILES string of the molecule is Oc1ccccc1C=NNOCc1ccccc1O. The van der Waals surface area contributed by atoms with E-state index >= 15 is 0 Å². The molecule has 0 fully saturated rings. The van der Waals surface area contributed by atoms with Crippen molar-refractivity contribution in [3.8, 4) is 11.5 Å². The second-order valence-corrected chi connectivity index (χ2v) is 3.83. The average molecular weight is 258 g/mol. The highest BCUT2D eigenvalue weighted by molar-refractivity contribution is 5.82. The van der Waals surface area contributed by atoms with E-state index in [0.717, 1.165) is 0 Å². The van der Waals surface area contributed by atoms with E-state index in [4.69, 9.17) is 4.84 Å². The number of hydrogen-bond acceptors (Lipinski definition) is 5. The molecule has 0 aromatic heterocycles. The van der Waals surface area contributed by atoms with Crippen molar-refractivity contribution in [1.82, 2.24) is 5.59 Å². The highest BCUT2D eigenvalue weighted by Gasteiger charge is 1.98. The molecular weight excluding hydrogens is 244 g/mol. The lowest BCUT2D eigenvalue weighted by atomic mass is 10.2. The lowest BCUT2D eigenvalue weighted by molar-refractivity contribution is 0.0293. The molecule has 0 saturated heterocycles. The van der Waals surface area contributed by atoms with Gasteiger partial charge in [-0.1, -0.05) is 30.3 Å². The van der Waals surface area contributed by atoms with Gasteiger partial charge >= 0.3 is 0 Å². The highest BCUT2D eigenvalue weighted by Crippen LogP contribution is 2.15. The summed E-state index contributed by atoms with van der Waals surface area (Å²) >= 11 is 0. The Balaban J connectivity index is 1.82. The summed E-state index contributed by atoms with van der Waals surface area (Å²) < 4.78 is 0. The second-order valence-electron chi connectivity index (χ2n) is 3.83. The van der Waals surface area contributed by atoms with Gasteiger partial charge in [0.1, 0.15) is 18.1 Å². The fraction of sp³-hybridized carbons (Fsp3) is 0.0714. The van der Waals surface area contributed by atoms with E-state index in [1.807, 2.05) is 6.07 Å². The van der Waals surface area contributed by atoms with E-state index < -0.39 is 0 Å². The topological polar surface area (TPSA) is 74.1 Å². The molecule has 0 saturated carbocycles. The fourth-order valence-electron chi connectivity index (χ4n) is 1.47. The van der Waals surface area contributed by atoms with Gasteiger partial charge in [0.15, 0.2) is 0 Å². The molecule has 0 aliphatic rings. The van der Waals surface area contributed by atoms with Crippen LogP contribution in [0.3, 0.4) is 0 Å². The Hall–Kier alpha value is -2.53. The number of nitrogens with one attached hydrogen (secondary N) is 1. The molecule has 0 aliphatic heterocycles. The summed E-state index contributed by atoms with van der Waals surface area (Å²) in [5.41, 5.74) is 3.63. The molecule has 0 aliphatic carbocycles. The van der Waals surface area contributed by atoms with Gasteiger partial charge in [0.2, 0.25) is 0 Å². The summed E-state index contributed by atoms with van der Waals surface area (Å²) in [6.07, 6.45) is 1.44. The Morgan fingerprint density at radius 2 is 1.68 bits per heavy atom. The van der Waals surface area contributed by atoms with E-state index in [1.54, 1.807) is 42.5 Å². The molecule has 19 heavy (non-hydrogen) atoms. The maximum Gasteiger partial charge on any atom is 0.124 e. The molecule has 3 N–H and O–H groups in total. The number of para-hydroxylation sites is 2. The Labute approximate surface area is 110 Å². The molecule has 2 rings (SSSR count). The van der Waals surface area contributed by atoms with Crippen LogP contribution in [0.25, 0.3) is 0 Å². The third kappa shape index (κ3) is 3.72. The first-order valence-corrected chi connectivity index (χ1v) is 5.72. The van der Waals surface area contributed by atoms with Crippen LogP contribution >= 0.6 is 0 Å². The smallest absolute Gasteiger partial charge is 0.124 e. The van der Waals surface area contributed by atoms with Gasteiger partial charge in [-0.3, -0.25) is 4.84 Å². The van der Waals surface area contributed by atoms with E-state index in [0.29, 0.717) is 11.1 Å². The number of nitrogens with zero attached hydrogens (tertiary/aromatic N) is 1. The highest BCUT2D eigenvalue weighted by atomic mass is 16.7. The number of rotatable bonds is 5. The number of hydrazone groups is 1. The predicted molar refractivity (Wildman–Crippen MR) is 71.7 cm³/mol. The number of aromatic hydroxyl groups is 2. The molecule has 98 valence electrons. The molecule has 2 aromatic carbocycles. The lowest BCUT2D eigenvalue weighted by Gasteiger charge is -2.04. The molecule has 0 heterocycles. The van der Waals surface area contributed by atoms with Crippen LogP contribution < -0.4 is 5.59 Å². The fourth-order valence-corrected chi connectivity index (χ4v) is 1.47. The Bertz CT molecular complexity index is 570. The largest absolute Gasteiger partial charge is 0.508 e. The standard InChI is InChI=1S/C14H14N2O3/c17-13-7-3-1-5-11(13)9-15-16-19-10-12-6-2-4-8-14(12)18/h1-9,16-18H,10H2. The van der Waals surface area contributed by atoms with Crippen LogP contribution in [-0.2, 0) is 11.4 Å². The molecule has 5 nitrogen and oxygen atoms in total. The maximum absolute atomic E-state index is 9.50. The summed E-state index contributed by atoms with van der Waals surface area (Å²) in [6, 6.07) is 13.7. The van der Waals surface area contributed by atoms with Crippen LogP contribution in [0.4, 0.5) is 0 Å². The molecule has 5 heteroatoms. The lowest BCUT2D eigenvalue weighted by Crippen LogP contribution is -2.07. The van der Waals surface area contributed by atoms with Crippen molar-refractivity contribution in [2.24, 2.45) is 5.10 Å². The first kappa shape index (κ1) is 12.9. The Morgan fingerprint density at radius 1 is 1.00 bits per heavy atom. The van der Waals surface area contributed by atoms with E-state index in [2.05, 4.69) is 10.7 Å². The van der Waals surface area contributed by atoms with Crippen LogP contribution in [0.15, 0.2) is 53.6 Å². The Morgan fingerprint density at radius 3 is 2.42 bits per heavy atom. The van der Waals surface area contributed by atoms with Gasteiger partial charge in [-0.15, -0.1) is 0 Å². The van der Waals surface area contributed by atoms with E-state index in [1.165, 1.54) is 6.21 Å². The number of phenolic OH excluding ortho intramolecular Hbond substituents is 2. The van der Waals surface area contributed by atoms with Gasteiger partial charge in [-0.2, -0.15) is 10.7 Å². The van der Waals surface area contributed by atoms with Crippen molar-refractivity contribution in [3.05, 3.63) is 59.7 Å². The average Bonchev–Trinajstić information content (AvgIpc) is 2.42. The minimum absolute atomic E-state index is 0.147.